The number of rotatable bonds is 2. The van der Waals surface area contributed by atoms with Gasteiger partial charge in [-0.1, -0.05) is 0 Å². The van der Waals surface area contributed by atoms with Crippen molar-refractivity contribution in [3.63, 3.8) is 0 Å². The maximum absolute atomic E-state index is 11.2. The van der Waals surface area contributed by atoms with Crippen molar-refractivity contribution >= 4 is 9.84 Å². The SMILES string of the molecule is O=S1(=O)CCN(CC2CCCN2)CC1. The van der Waals surface area contributed by atoms with Crippen molar-refractivity contribution in [3.8, 4) is 0 Å². The predicted molar refractivity (Wildman–Crippen MR) is 56.1 cm³/mol. The van der Waals surface area contributed by atoms with Crippen LogP contribution in [0.25, 0.3) is 0 Å². The molecule has 0 bridgehead atoms. The lowest BCUT2D eigenvalue weighted by Crippen LogP contribution is -2.45. The van der Waals surface area contributed by atoms with Gasteiger partial charge in [-0.25, -0.2) is 8.42 Å². The van der Waals surface area contributed by atoms with Gasteiger partial charge in [0, 0.05) is 25.7 Å². The van der Waals surface area contributed by atoms with E-state index < -0.39 is 9.84 Å². The summed E-state index contributed by atoms with van der Waals surface area (Å²) >= 11 is 0. The molecule has 0 spiro atoms. The Bertz CT molecular complexity index is 269. The standard InChI is InChI=1S/C9H18N2O2S/c12-14(13)6-4-11(5-7-14)8-9-2-1-3-10-9/h9-10H,1-8H2. The molecule has 4 nitrogen and oxygen atoms in total. The Kier molecular flexibility index (Phi) is 3.09. The molecule has 2 rings (SSSR count). The molecule has 2 aliphatic heterocycles. The Balaban J connectivity index is 1.78. The van der Waals surface area contributed by atoms with Crippen molar-refractivity contribution in [2.24, 2.45) is 0 Å². The molecular formula is C9H18N2O2S. The van der Waals surface area contributed by atoms with Gasteiger partial charge < -0.3 is 5.32 Å². The van der Waals surface area contributed by atoms with Crippen molar-refractivity contribution in [2.45, 2.75) is 18.9 Å². The highest BCUT2D eigenvalue weighted by atomic mass is 32.2. The van der Waals surface area contributed by atoms with Crippen LogP contribution in [0.4, 0.5) is 0 Å². The summed E-state index contributed by atoms with van der Waals surface area (Å²) in [5.41, 5.74) is 0. The summed E-state index contributed by atoms with van der Waals surface area (Å²) in [5, 5.41) is 3.43. The quantitative estimate of drug-likeness (QED) is 0.677. The van der Waals surface area contributed by atoms with Crippen LogP contribution in [0.2, 0.25) is 0 Å². The molecule has 0 aliphatic carbocycles. The number of nitrogens with zero attached hydrogens (tertiary/aromatic N) is 1. The first-order valence-electron chi connectivity index (χ1n) is 5.32. The van der Waals surface area contributed by atoms with Crippen molar-refractivity contribution in [2.75, 3.05) is 37.7 Å². The fraction of sp³-hybridized carbons (Fsp3) is 1.00. The summed E-state index contributed by atoms with van der Waals surface area (Å²) in [7, 11) is -2.71. The molecule has 0 aromatic carbocycles. The fourth-order valence-electron chi connectivity index (χ4n) is 2.16. The predicted octanol–water partition coefficient (Wildman–Crippen LogP) is -0.531. The maximum atomic E-state index is 11.2. The van der Waals surface area contributed by atoms with Crippen LogP contribution in [0.3, 0.4) is 0 Å². The van der Waals surface area contributed by atoms with Crippen LogP contribution < -0.4 is 5.32 Å². The Hall–Kier alpha value is -0.130. The molecule has 2 fully saturated rings. The number of hydrogen-bond donors (Lipinski definition) is 1. The molecule has 2 saturated heterocycles. The molecular weight excluding hydrogens is 200 g/mol. The van der Waals surface area contributed by atoms with Crippen LogP contribution >= 0.6 is 0 Å². The lowest BCUT2D eigenvalue weighted by Gasteiger charge is -2.28. The second-order valence-corrected chi connectivity index (χ2v) is 6.55. The van der Waals surface area contributed by atoms with Crippen LogP contribution in [-0.2, 0) is 9.84 Å². The largest absolute Gasteiger partial charge is 0.313 e. The second-order valence-electron chi connectivity index (χ2n) is 4.25. The average Bonchev–Trinajstić information content (AvgIpc) is 2.61. The van der Waals surface area contributed by atoms with Gasteiger partial charge in [-0.05, 0) is 19.4 Å². The summed E-state index contributed by atoms with van der Waals surface area (Å²) in [6, 6.07) is 0.593. The third-order valence-electron chi connectivity index (χ3n) is 3.08. The van der Waals surface area contributed by atoms with E-state index in [0.717, 1.165) is 26.2 Å². The van der Waals surface area contributed by atoms with E-state index in [1.807, 2.05) is 0 Å². The van der Waals surface area contributed by atoms with Gasteiger partial charge >= 0.3 is 0 Å². The van der Waals surface area contributed by atoms with Crippen molar-refractivity contribution in [1.29, 1.82) is 0 Å². The van der Waals surface area contributed by atoms with Crippen LogP contribution in [0.15, 0.2) is 0 Å². The minimum Gasteiger partial charge on any atom is -0.313 e. The van der Waals surface area contributed by atoms with Gasteiger partial charge in [0.15, 0.2) is 9.84 Å². The molecule has 1 unspecified atom stereocenters. The zero-order chi connectivity index (χ0) is 10.0. The molecule has 14 heavy (non-hydrogen) atoms. The van der Waals surface area contributed by atoms with Gasteiger partial charge in [-0.15, -0.1) is 0 Å². The topological polar surface area (TPSA) is 49.4 Å². The highest BCUT2D eigenvalue weighted by Crippen LogP contribution is 2.09. The lowest BCUT2D eigenvalue weighted by atomic mass is 10.2. The molecule has 0 aromatic heterocycles. The highest BCUT2D eigenvalue weighted by molar-refractivity contribution is 7.91. The van der Waals surface area contributed by atoms with Crippen molar-refractivity contribution in [3.05, 3.63) is 0 Å². The first-order chi connectivity index (χ1) is 6.66. The second kappa shape index (κ2) is 4.16. The minimum atomic E-state index is -2.71. The number of sulfone groups is 1. The maximum Gasteiger partial charge on any atom is 0.152 e. The molecule has 0 radical (unpaired) electrons. The monoisotopic (exact) mass is 218 g/mol. The summed E-state index contributed by atoms with van der Waals surface area (Å²) < 4.78 is 22.4. The van der Waals surface area contributed by atoms with Crippen molar-refractivity contribution in [1.82, 2.24) is 10.2 Å². The molecule has 0 amide bonds. The first kappa shape index (κ1) is 10.4. The van der Waals surface area contributed by atoms with E-state index in [1.165, 1.54) is 12.8 Å². The minimum absolute atomic E-state index is 0.347. The van der Waals surface area contributed by atoms with Gasteiger partial charge in [0.1, 0.15) is 0 Å². The summed E-state index contributed by atoms with van der Waals surface area (Å²) in [5.74, 6) is 0.694. The van der Waals surface area contributed by atoms with Crippen LogP contribution in [0, 0.1) is 0 Å². The third kappa shape index (κ3) is 2.68. The van der Waals surface area contributed by atoms with E-state index in [9.17, 15) is 8.42 Å². The normalized spacial score (nSPS) is 33.3. The molecule has 0 saturated carbocycles. The summed E-state index contributed by atoms with van der Waals surface area (Å²) in [6.07, 6.45) is 2.50. The molecule has 1 atom stereocenters. The molecule has 82 valence electrons. The van der Waals surface area contributed by atoms with Crippen LogP contribution in [0.1, 0.15) is 12.8 Å². The number of nitrogens with one attached hydrogen (secondary N) is 1. The molecule has 1 N–H and O–H groups in total. The van der Waals surface area contributed by atoms with E-state index in [2.05, 4.69) is 10.2 Å². The fourth-order valence-corrected chi connectivity index (χ4v) is 3.43. The van der Waals surface area contributed by atoms with Crippen LogP contribution in [0.5, 0.6) is 0 Å². The Morgan fingerprint density at radius 3 is 2.57 bits per heavy atom. The summed E-state index contributed by atoms with van der Waals surface area (Å²) in [6.45, 7) is 3.59. The number of hydrogen-bond acceptors (Lipinski definition) is 4. The smallest absolute Gasteiger partial charge is 0.152 e. The van der Waals surface area contributed by atoms with E-state index in [1.54, 1.807) is 0 Å². The average molecular weight is 218 g/mol. The molecule has 2 aliphatic rings. The van der Waals surface area contributed by atoms with E-state index in [0.29, 0.717) is 17.5 Å². The van der Waals surface area contributed by atoms with Crippen LogP contribution in [-0.4, -0.2) is 57.0 Å². The summed E-state index contributed by atoms with van der Waals surface area (Å²) in [4.78, 5) is 2.27. The Labute approximate surface area is 85.6 Å². The highest BCUT2D eigenvalue weighted by Gasteiger charge is 2.24. The van der Waals surface area contributed by atoms with Gasteiger partial charge in [0.05, 0.1) is 11.5 Å². The van der Waals surface area contributed by atoms with E-state index in [4.69, 9.17) is 0 Å². The van der Waals surface area contributed by atoms with E-state index in [-0.39, 0.29) is 0 Å². The lowest BCUT2D eigenvalue weighted by molar-refractivity contribution is 0.268. The zero-order valence-corrected chi connectivity index (χ0v) is 9.22. The Morgan fingerprint density at radius 1 is 1.29 bits per heavy atom. The first-order valence-corrected chi connectivity index (χ1v) is 7.14. The molecule has 5 heteroatoms. The van der Waals surface area contributed by atoms with E-state index >= 15 is 0 Å². The Morgan fingerprint density at radius 2 is 2.00 bits per heavy atom. The molecule has 0 aromatic rings. The third-order valence-corrected chi connectivity index (χ3v) is 4.69. The molecule has 2 heterocycles. The van der Waals surface area contributed by atoms with Gasteiger partial charge in [0.25, 0.3) is 0 Å². The van der Waals surface area contributed by atoms with Crippen molar-refractivity contribution < 1.29 is 8.42 Å². The van der Waals surface area contributed by atoms with Gasteiger partial charge in [-0.3, -0.25) is 4.90 Å². The van der Waals surface area contributed by atoms with Gasteiger partial charge in [0.2, 0.25) is 0 Å². The van der Waals surface area contributed by atoms with Gasteiger partial charge in [-0.2, -0.15) is 0 Å². The zero-order valence-electron chi connectivity index (χ0n) is 8.41.